The molecule has 2 heterocycles. The number of aryl methyl sites for hydroxylation is 1. The van der Waals surface area contributed by atoms with Crippen molar-refractivity contribution in [3.8, 4) is 0 Å². The number of pyridine rings is 1. The van der Waals surface area contributed by atoms with E-state index in [9.17, 15) is 0 Å². The zero-order valence-corrected chi connectivity index (χ0v) is 12.5. The lowest BCUT2D eigenvalue weighted by Gasteiger charge is -2.19. The number of hydrogen-bond donors (Lipinski definition) is 1. The number of imidazole rings is 1. The van der Waals surface area contributed by atoms with Crippen LogP contribution in [0.3, 0.4) is 0 Å². The third-order valence-electron chi connectivity index (χ3n) is 3.72. The van der Waals surface area contributed by atoms with Crippen molar-refractivity contribution in [1.82, 2.24) is 19.9 Å². The molecule has 3 rings (SSSR count). The molecule has 0 radical (unpaired) electrons. The number of hydrogen-bond acceptors (Lipinski definition) is 3. The molecule has 0 spiro atoms. The maximum atomic E-state index is 4.55. The van der Waals surface area contributed by atoms with E-state index in [1.807, 2.05) is 24.7 Å². The van der Waals surface area contributed by atoms with Crippen molar-refractivity contribution >= 4 is 10.9 Å². The smallest absolute Gasteiger partial charge is 0.130 e. The van der Waals surface area contributed by atoms with Crippen molar-refractivity contribution in [2.45, 2.75) is 26.4 Å². The molecule has 0 bridgehead atoms. The summed E-state index contributed by atoms with van der Waals surface area (Å²) in [4.78, 5) is 8.93. The van der Waals surface area contributed by atoms with Crippen LogP contribution >= 0.6 is 0 Å². The standard InChI is InChI=1S/C17H20N4/c1-3-18-16(17-20-10-11-21(17)4-2)14-7-8-15-13(12-14)6-5-9-19-15/h5-12,16,18H,3-4H2,1-2H3. The first kappa shape index (κ1) is 13.8. The average Bonchev–Trinajstić information content (AvgIpc) is 3.00. The van der Waals surface area contributed by atoms with Gasteiger partial charge in [-0.2, -0.15) is 0 Å². The fraction of sp³-hybridized carbons (Fsp3) is 0.294. The number of aromatic nitrogens is 3. The minimum atomic E-state index is 0.106. The minimum absolute atomic E-state index is 0.106. The second-order valence-corrected chi connectivity index (χ2v) is 5.02. The number of fused-ring (bicyclic) bond motifs is 1. The zero-order valence-electron chi connectivity index (χ0n) is 12.5. The molecule has 2 aromatic heterocycles. The van der Waals surface area contributed by atoms with Gasteiger partial charge >= 0.3 is 0 Å². The van der Waals surface area contributed by atoms with Crippen molar-refractivity contribution in [2.75, 3.05) is 6.54 Å². The van der Waals surface area contributed by atoms with Gasteiger partial charge in [-0.15, -0.1) is 0 Å². The molecule has 21 heavy (non-hydrogen) atoms. The molecule has 1 atom stereocenters. The molecule has 1 aromatic carbocycles. The molecule has 1 N–H and O–H groups in total. The molecular weight excluding hydrogens is 260 g/mol. The van der Waals surface area contributed by atoms with Crippen LogP contribution in [0.4, 0.5) is 0 Å². The first-order chi connectivity index (χ1) is 10.3. The molecule has 1 unspecified atom stereocenters. The summed E-state index contributed by atoms with van der Waals surface area (Å²) in [6, 6.07) is 10.6. The van der Waals surface area contributed by atoms with E-state index < -0.39 is 0 Å². The monoisotopic (exact) mass is 280 g/mol. The molecule has 0 saturated carbocycles. The summed E-state index contributed by atoms with van der Waals surface area (Å²) < 4.78 is 2.18. The largest absolute Gasteiger partial charge is 0.334 e. The average molecular weight is 280 g/mol. The molecule has 3 aromatic rings. The van der Waals surface area contributed by atoms with E-state index in [1.54, 1.807) is 0 Å². The van der Waals surface area contributed by atoms with Crippen LogP contribution in [-0.2, 0) is 6.54 Å². The van der Waals surface area contributed by atoms with Crippen LogP contribution in [0.15, 0.2) is 48.9 Å². The van der Waals surface area contributed by atoms with Crippen LogP contribution in [0.25, 0.3) is 10.9 Å². The highest BCUT2D eigenvalue weighted by atomic mass is 15.1. The van der Waals surface area contributed by atoms with Gasteiger partial charge in [-0.1, -0.05) is 19.1 Å². The molecule has 0 fully saturated rings. The summed E-state index contributed by atoms with van der Waals surface area (Å²) in [5.74, 6) is 1.06. The molecule has 0 amide bonds. The van der Waals surface area contributed by atoms with Gasteiger partial charge in [0.1, 0.15) is 5.82 Å². The summed E-state index contributed by atoms with van der Waals surface area (Å²) in [5, 5.41) is 4.70. The molecular formula is C17H20N4. The first-order valence-electron chi connectivity index (χ1n) is 7.42. The lowest BCUT2D eigenvalue weighted by Crippen LogP contribution is -2.25. The number of rotatable bonds is 5. The van der Waals surface area contributed by atoms with Crippen molar-refractivity contribution in [3.63, 3.8) is 0 Å². The third-order valence-corrected chi connectivity index (χ3v) is 3.72. The Labute approximate surface area is 124 Å². The van der Waals surface area contributed by atoms with Crippen LogP contribution in [0.1, 0.15) is 31.3 Å². The van der Waals surface area contributed by atoms with Crippen LogP contribution < -0.4 is 5.32 Å². The molecule has 0 saturated heterocycles. The van der Waals surface area contributed by atoms with Crippen molar-refractivity contribution in [2.24, 2.45) is 0 Å². The van der Waals surface area contributed by atoms with Crippen LogP contribution in [0.5, 0.6) is 0 Å². The van der Waals surface area contributed by atoms with Crippen LogP contribution in [0.2, 0.25) is 0 Å². The predicted octanol–water partition coefficient (Wildman–Crippen LogP) is 3.15. The van der Waals surface area contributed by atoms with Gasteiger partial charge in [-0.05, 0) is 37.2 Å². The minimum Gasteiger partial charge on any atom is -0.334 e. The Morgan fingerprint density at radius 1 is 1.14 bits per heavy atom. The van der Waals surface area contributed by atoms with E-state index in [-0.39, 0.29) is 6.04 Å². The Morgan fingerprint density at radius 3 is 2.86 bits per heavy atom. The van der Waals surface area contributed by atoms with Gasteiger partial charge < -0.3 is 9.88 Å². The Kier molecular flexibility index (Phi) is 3.97. The first-order valence-corrected chi connectivity index (χ1v) is 7.42. The third kappa shape index (κ3) is 2.67. The SMILES string of the molecule is CCNC(c1ccc2ncccc2c1)c1nccn1CC. The highest BCUT2D eigenvalue weighted by Gasteiger charge is 2.18. The summed E-state index contributed by atoms with van der Waals surface area (Å²) in [5.41, 5.74) is 2.24. The highest BCUT2D eigenvalue weighted by Crippen LogP contribution is 2.24. The van der Waals surface area contributed by atoms with Gasteiger partial charge in [0.15, 0.2) is 0 Å². The summed E-state index contributed by atoms with van der Waals surface area (Å²) >= 11 is 0. The van der Waals surface area contributed by atoms with Crippen molar-refractivity contribution in [3.05, 3.63) is 60.3 Å². The van der Waals surface area contributed by atoms with Crippen molar-refractivity contribution in [1.29, 1.82) is 0 Å². The number of nitrogens with one attached hydrogen (secondary N) is 1. The maximum Gasteiger partial charge on any atom is 0.130 e. The van der Waals surface area contributed by atoms with Gasteiger partial charge in [-0.3, -0.25) is 4.98 Å². The van der Waals surface area contributed by atoms with E-state index in [0.717, 1.165) is 29.8 Å². The number of nitrogens with zero attached hydrogens (tertiary/aromatic N) is 3. The van der Waals surface area contributed by atoms with Gasteiger partial charge in [0, 0.05) is 30.5 Å². The lowest BCUT2D eigenvalue weighted by atomic mass is 10.0. The summed E-state index contributed by atoms with van der Waals surface area (Å²) in [6.07, 6.45) is 5.72. The normalized spacial score (nSPS) is 12.7. The van der Waals surface area contributed by atoms with E-state index in [4.69, 9.17) is 0 Å². The van der Waals surface area contributed by atoms with E-state index >= 15 is 0 Å². The molecule has 0 aliphatic rings. The quantitative estimate of drug-likeness (QED) is 0.780. The molecule has 0 aliphatic carbocycles. The molecule has 0 aliphatic heterocycles. The fourth-order valence-electron chi connectivity index (χ4n) is 2.68. The zero-order chi connectivity index (χ0) is 14.7. The van der Waals surface area contributed by atoms with Crippen molar-refractivity contribution < 1.29 is 0 Å². The lowest BCUT2D eigenvalue weighted by molar-refractivity contribution is 0.559. The Morgan fingerprint density at radius 2 is 2.05 bits per heavy atom. The van der Waals surface area contributed by atoms with E-state index in [2.05, 4.69) is 58.0 Å². The van der Waals surface area contributed by atoms with E-state index in [0.29, 0.717) is 0 Å². The Hall–Kier alpha value is -2.20. The maximum absolute atomic E-state index is 4.55. The molecule has 4 heteroatoms. The van der Waals surface area contributed by atoms with Gasteiger partial charge in [0.2, 0.25) is 0 Å². The fourth-order valence-corrected chi connectivity index (χ4v) is 2.68. The second-order valence-electron chi connectivity index (χ2n) is 5.02. The second kappa shape index (κ2) is 6.06. The Balaban J connectivity index is 2.06. The molecule has 4 nitrogen and oxygen atoms in total. The van der Waals surface area contributed by atoms with Crippen LogP contribution in [-0.4, -0.2) is 21.1 Å². The number of benzene rings is 1. The predicted molar refractivity (Wildman–Crippen MR) is 85.2 cm³/mol. The van der Waals surface area contributed by atoms with Crippen LogP contribution in [0, 0.1) is 0 Å². The highest BCUT2D eigenvalue weighted by molar-refractivity contribution is 5.79. The molecule has 108 valence electrons. The van der Waals surface area contributed by atoms with Gasteiger partial charge in [-0.25, -0.2) is 4.98 Å². The Bertz CT molecular complexity index is 732. The topological polar surface area (TPSA) is 42.7 Å². The summed E-state index contributed by atoms with van der Waals surface area (Å²) in [7, 11) is 0. The van der Waals surface area contributed by atoms with E-state index in [1.165, 1.54) is 5.56 Å². The van der Waals surface area contributed by atoms with Gasteiger partial charge in [0.05, 0.1) is 11.6 Å². The summed E-state index contributed by atoms with van der Waals surface area (Å²) in [6.45, 7) is 6.08. The van der Waals surface area contributed by atoms with Gasteiger partial charge in [0.25, 0.3) is 0 Å².